The second-order valence-electron chi connectivity index (χ2n) is 4.98. The van der Waals surface area contributed by atoms with E-state index in [0.717, 1.165) is 16.8 Å². The van der Waals surface area contributed by atoms with Crippen molar-refractivity contribution >= 4 is 34.6 Å². The molecule has 110 valence electrons. The first kappa shape index (κ1) is 14.5. The first-order valence-corrected chi connectivity index (χ1v) is 7.71. The molecule has 1 N–H and O–H groups in total. The number of amidine groups is 1. The van der Waals surface area contributed by atoms with Gasteiger partial charge in [-0.15, -0.1) is 0 Å². The summed E-state index contributed by atoms with van der Waals surface area (Å²) in [6, 6.07) is 9.69. The van der Waals surface area contributed by atoms with Crippen molar-refractivity contribution in [1.29, 1.82) is 0 Å². The first-order valence-electron chi connectivity index (χ1n) is 6.89. The number of pyridine rings is 1. The van der Waals surface area contributed by atoms with Crippen LogP contribution < -0.4 is 5.32 Å². The fourth-order valence-corrected chi connectivity index (χ4v) is 2.89. The summed E-state index contributed by atoms with van der Waals surface area (Å²) < 4.78 is 0. The molecule has 1 saturated heterocycles. The van der Waals surface area contributed by atoms with Gasteiger partial charge in [0.2, 0.25) is 0 Å². The van der Waals surface area contributed by atoms with E-state index in [2.05, 4.69) is 15.3 Å². The Kier molecular flexibility index (Phi) is 4.06. The number of benzene rings is 1. The van der Waals surface area contributed by atoms with Crippen molar-refractivity contribution in [3.8, 4) is 0 Å². The summed E-state index contributed by atoms with van der Waals surface area (Å²) >= 11 is 1.35. The molecule has 0 bridgehead atoms. The Hall–Kier alpha value is -2.40. The van der Waals surface area contributed by atoms with Crippen molar-refractivity contribution in [2.45, 2.75) is 13.8 Å². The van der Waals surface area contributed by atoms with E-state index in [-0.39, 0.29) is 5.91 Å². The average Bonchev–Trinajstić information content (AvgIpc) is 2.85. The lowest BCUT2D eigenvalue weighted by Crippen LogP contribution is -2.19. The molecular weight excluding hydrogens is 294 g/mol. The van der Waals surface area contributed by atoms with Gasteiger partial charge in [0.1, 0.15) is 0 Å². The molecule has 0 spiro atoms. The molecule has 1 aromatic heterocycles. The van der Waals surface area contributed by atoms with Crippen molar-refractivity contribution in [3.05, 3.63) is 64.3 Å². The first-order chi connectivity index (χ1) is 10.6. The van der Waals surface area contributed by atoms with Crippen LogP contribution >= 0.6 is 11.8 Å². The van der Waals surface area contributed by atoms with Gasteiger partial charge in [-0.3, -0.25) is 9.78 Å². The predicted molar refractivity (Wildman–Crippen MR) is 91.0 cm³/mol. The monoisotopic (exact) mass is 309 g/mol. The Balaban J connectivity index is 1.87. The Morgan fingerprint density at radius 2 is 1.95 bits per heavy atom. The van der Waals surface area contributed by atoms with E-state index < -0.39 is 0 Å². The number of rotatable bonds is 2. The summed E-state index contributed by atoms with van der Waals surface area (Å²) in [7, 11) is 0. The fourth-order valence-electron chi connectivity index (χ4n) is 2.06. The highest BCUT2D eigenvalue weighted by Gasteiger charge is 2.23. The third-order valence-electron chi connectivity index (χ3n) is 3.45. The van der Waals surface area contributed by atoms with Gasteiger partial charge in [0.05, 0.1) is 10.6 Å². The number of aromatic nitrogens is 1. The average molecular weight is 309 g/mol. The van der Waals surface area contributed by atoms with E-state index in [4.69, 9.17) is 0 Å². The molecule has 1 amide bonds. The minimum Gasteiger partial charge on any atom is -0.300 e. The number of thioether (sulfide) groups is 1. The van der Waals surface area contributed by atoms with Crippen molar-refractivity contribution in [2.24, 2.45) is 4.99 Å². The van der Waals surface area contributed by atoms with Crippen LogP contribution in [0.1, 0.15) is 16.7 Å². The van der Waals surface area contributed by atoms with Gasteiger partial charge >= 0.3 is 0 Å². The van der Waals surface area contributed by atoms with Crippen molar-refractivity contribution < 1.29 is 4.79 Å². The number of nitrogens with zero attached hydrogens (tertiary/aromatic N) is 2. The largest absolute Gasteiger partial charge is 0.300 e. The highest BCUT2D eigenvalue weighted by Crippen LogP contribution is 2.29. The van der Waals surface area contributed by atoms with Crippen LogP contribution in [0.15, 0.2) is 52.6 Å². The number of hydrogen-bond acceptors (Lipinski definition) is 4. The number of hydrogen-bond donors (Lipinski definition) is 1. The summed E-state index contributed by atoms with van der Waals surface area (Å²) in [6.07, 6.45) is 5.25. The van der Waals surface area contributed by atoms with Crippen LogP contribution in [-0.2, 0) is 4.79 Å². The molecule has 1 aliphatic rings. The molecular formula is C17H15N3OS. The standard InChI is InChI=1S/C17H15N3OS/c1-11-4-3-5-14(12(11)2)19-17-20-16(21)15(22-17)10-13-6-8-18-9-7-13/h3-10H,1-2H3,(H,19,20,21)/b15-10+. The number of carbonyl (C=O) groups is 1. The van der Waals surface area contributed by atoms with Crippen molar-refractivity contribution in [1.82, 2.24) is 10.3 Å². The summed E-state index contributed by atoms with van der Waals surface area (Å²) in [5, 5.41) is 3.42. The Labute approximate surface area is 133 Å². The lowest BCUT2D eigenvalue weighted by molar-refractivity contribution is -0.115. The normalized spacial score (nSPS) is 18.0. The van der Waals surface area contributed by atoms with Crippen LogP contribution in [0.25, 0.3) is 6.08 Å². The van der Waals surface area contributed by atoms with Crippen LogP contribution in [0.5, 0.6) is 0 Å². The highest BCUT2D eigenvalue weighted by atomic mass is 32.2. The molecule has 5 heteroatoms. The van der Waals surface area contributed by atoms with Crippen LogP contribution in [0.4, 0.5) is 5.69 Å². The SMILES string of the molecule is Cc1cccc(N=C2NC(=O)/C(=C\c3ccncc3)S2)c1C. The van der Waals surface area contributed by atoms with Crippen LogP contribution in [0.2, 0.25) is 0 Å². The molecule has 1 aromatic carbocycles. The second-order valence-corrected chi connectivity index (χ2v) is 6.01. The van der Waals surface area contributed by atoms with E-state index >= 15 is 0 Å². The Bertz CT molecular complexity index is 782. The van der Waals surface area contributed by atoms with E-state index in [9.17, 15) is 4.79 Å². The maximum Gasteiger partial charge on any atom is 0.264 e. The molecule has 0 unspecified atom stereocenters. The van der Waals surface area contributed by atoms with Crippen LogP contribution in [0, 0.1) is 13.8 Å². The van der Waals surface area contributed by atoms with Gasteiger partial charge < -0.3 is 5.32 Å². The minimum absolute atomic E-state index is 0.120. The number of nitrogens with one attached hydrogen (secondary N) is 1. The molecule has 2 aromatic rings. The van der Waals surface area contributed by atoms with Crippen LogP contribution in [0.3, 0.4) is 0 Å². The minimum atomic E-state index is -0.120. The third-order valence-corrected chi connectivity index (χ3v) is 4.36. The van der Waals surface area contributed by atoms with Gasteiger partial charge in [-0.25, -0.2) is 4.99 Å². The molecule has 4 nitrogen and oxygen atoms in total. The molecule has 22 heavy (non-hydrogen) atoms. The molecule has 1 aliphatic heterocycles. The number of carbonyl (C=O) groups excluding carboxylic acids is 1. The lowest BCUT2D eigenvalue weighted by atomic mass is 10.1. The number of aryl methyl sites for hydroxylation is 1. The molecule has 2 heterocycles. The molecule has 1 fully saturated rings. The van der Waals surface area contributed by atoms with Gasteiger partial charge in [0.15, 0.2) is 5.17 Å². The van der Waals surface area contributed by atoms with Gasteiger partial charge in [-0.1, -0.05) is 12.1 Å². The number of aliphatic imine (C=N–C) groups is 1. The zero-order chi connectivity index (χ0) is 15.5. The maximum absolute atomic E-state index is 12.0. The van der Waals surface area contributed by atoms with Gasteiger partial charge in [-0.05, 0) is 66.6 Å². The molecule has 0 radical (unpaired) electrons. The van der Waals surface area contributed by atoms with E-state index in [1.165, 1.54) is 17.3 Å². The third kappa shape index (κ3) is 3.09. The topological polar surface area (TPSA) is 54.4 Å². The maximum atomic E-state index is 12.0. The van der Waals surface area contributed by atoms with E-state index in [1.807, 2.05) is 50.3 Å². The molecule has 0 atom stereocenters. The fraction of sp³-hybridized carbons (Fsp3) is 0.118. The molecule has 0 saturated carbocycles. The summed E-state index contributed by atoms with van der Waals surface area (Å²) in [5.41, 5.74) is 4.13. The lowest BCUT2D eigenvalue weighted by Gasteiger charge is -2.04. The zero-order valence-electron chi connectivity index (χ0n) is 12.3. The molecule has 0 aliphatic carbocycles. The summed E-state index contributed by atoms with van der Waals surface area (Å²) in [6.45, 7) is 4.08. The smallest absolute Gasteiger partial charge is 0.264 e. The predicted octanol–water partition coefficient (Wildman–Crippen LogP) is 3.59. The second kappa shape index (κ2) is 6.15. The van der Waals surface area contributed by atoms with Crippen molar-refractivity contribution in [3.63, 3.8) is 0 Å². The van der Waals surface area contributed by atoms with Gasteiger partial charge in [0.25, 0.3) is 5.91 Å². The Morgan fingerprint density at radius 3 is 2.73 bits per heavy atom. The Morgan fingerprint density at radius 1 is 1.18 bits per heavy atom. The van der Waals surface area contributed by atoms with Gasteiger partial charge in [-0.2, -0.15) is 0 Å². The highest BCUT2D eigenvalue weighted by molar-refractivity contribution is 8.18. The van der Waals surface area contributed by atoms with E-state index in [1.54, 1.807) is 12.4 Å². The quantitative estimate of drug-likeness (QED) is 0.863. The zero-order valence-corrected chi connectivity index (χ0v) is 13.1. The summed E-state index contributed by atoms with van der Waals surface area (Å²) in [5.74, 6) is -0.120. The summed E-state index contributed by atoms with van der Waals surface area (Å²) in [4.78, 5) is 21.2. The van der Waals surface area contributed by atoms with Gasteiger partial charge in [0, 0.05) is 12.4 Å². The molecule has 3 rings (SSSR count). The van der Waals surface area contributed by atoms with E-state index in [0.29, 0.717) is 10.1 Å². The van der Waals surface area contributed by atoms with Crippen LogP contribution in [-0.4, -0.2) is 16.1 Å². The van der Waals surface area contributed by atoms with Crippen molar-refractivity contribution in [2.75, 3.05) is 0 Å². The number of amides is 1.